The second-order valence-corrected chi connectivity index (χ2v) is 8.36. The van der Waals surface area contributed by atoms with Crippen molar-refractivity contribution in [2.75, 3.05) is 4.90 Å². The molecule has 9 nitrogen and oxygen atoms in total. The van der Waals surface area contributed by atoms with Crippen LogP contribution in [0.15, 0.2) is 52.5 Å². The Hall–Kier alpha value is -3.66. The van der Waals surface area contributed by atoms with E-state index in [0.29, 0.717) is 5.02 Å². The van der Waals surface area contributed by atoms with Gasteiger partial charge in [-0.2, -0.15) is 0 Å². The molecule has 1 N–H and O–H groups in total. The number of benzene rings is 2. The minimum absolute atomic E-state index is 0.0680. The van der Waals surface area contributed by atoms with E-state index in [1.54, 1.807) is 13.0 Å². The van der Waals surface area contributed by atoms with E-state index in [1.807, 2.05) is 0 Å². The molecule has 1 fully saturated rings. The van der Waals surface area contributed by atoms with E-state index in [1.165, 1.54) is 30.3 Å². The highest BCUT2D eigenvalue weighted by atomic mass is 35.5. The van der Waals surface area contributed by atoms with E-state index in [4.69, 9.17) is 39.2 Å². The Morgan fingerprint density at radius 1 is 1.00 bits per heavy atom. The van der Waals surface area contributed by atoms with E-state index in [-0.39, 0.29) is 44.1 Å². The lowest BCUT2D eigenvalue weighted by Gasteiger charge is -2.26. The van der Waals surface area contributed by atoms with Crippen LogP contribution < -0.4 is 10.2 Å². The fourth-order valence-corrected chi connectivity index (χ4v) is 3.92. The Morgan fingerprint density at radius 3 is 2.41 bits per heavy atom. The van der Waals surface area contributed by atoms with Crippen molar-refractivity contribution in [3.8, 4) is 11.3 Å². The highest BCUT2D eigenvalue weighted by molar-refractivity contribution is 6.40. The number of hydrogen-bond acceptors (Lipinski definition) is 6. The van der Waals surface area contributed by atoms with E-state index >= 15 is 0 Å². The first-order valence-electron chi connectivity index (χ1n) is 9.48. The van der Waals surface area contributed by atoms with Crippen LogP contribution in [0.4, 0.5) is 16.2 Å². The predicted octanol–water partition coefficient (Wildman–Crippen LogP) is 5.79. The molecule has 0 spiro atoms. The third-order valence-corrected chi connectivity index (χ3v) is 5.95. The Labute approximate surface area is 206 Å². The third-order valence-electron chi connectivity index (χ3n) is 4.93. The fraction of sp³-hybridized carbons (Fsp3) is 0.0455. The first kappa shape index (κ1) is 23.5. The van der Waals surface area contributed by atoms with Crippen molar-refractivity contribution in [2.45, 2.75) is 6.92 Å². The quantitative estimate of drug-likeness (QED) is 0.201. The van der Waals surface area contributed by atoms with Gasteiger partial charge in [0, 0.05) is 16.7 Å². The normalized spacial score (nSPS) is 15.1. The van der Waals surface area contributed by atoms with Crippen LogP contribution in [-0.4, -0.2) is 22.8 Å². The summed E-state index contributed by atoms with van der Waals surface area (Å²) in [7, 11) is 0. The van der Waals surface area contributed by atoms with Crippen molar-refractivity contribution in [3.05, 3.63) is 84.5 Å². The van der Waals surface area contributed by atoms with Crippen molar-refractivity contribution < 1.29 is 23.7 Å². The lowest BCUT2D eigenvalue weighted by Crippen LogP contribution is -2.54. The second kappa shape index (κ2) is 8.94. The van der Waals surface area contributed by atoms with Gasteiger partial charge in [0.05, 0.1) is 15.6 Å². The number of imide groups is 2. The monoisotopic (exact) mass is 519 g/mol. The minimum Gasteiger partial charge on any atom is -0.457 e. The molecule has 172 valence electrons. The molecule has 0 bridgehead atoms. The minimum atomic E-state index is -0.924. The third kappa shape index (κ3) is 4.28. The number of nitrogens with one attached hydrogen (secondary N) is 1. The van der Waals surface area contributed by atoms with E-state index < -0.39 is 22.8 Å². The molecule has 4 amide bonds. The summed E-state index contributed by atoms with van der Waals surface area (Å²) in [5.74, 6) is -1.59. The molecule has 0 unspecified atom stereocenters. The molecule has 0 aliphatic carbocycles. The molecule has 0 radical (unpaired) electrons. The number of halogens is 3. The van der Waals surface area contributed by atoms with Crippen LogP contribution in [0.2, 0.25) is 15.1 Å². The fourth-order valence-electron chi connectivity index (χ4n) is 3.20. The molecule has 34 heavy (non-hydrogen) atoms. The number of anilines is 1. The van der Waals surface area contributed by atoms with Crippen molar-refractivity contribution in [2.24, 2.45) is 0 Å². The number of carbonyl (C=O) groups is 3. The average molecular weight is 521 g/mol. The maximum atomic E-state index is 13.0. The van der Waals surface area contributed by atoms with Gasteiger partial charge in [0.1, 0.15) is 22.1 Å². The molecule has 0 saturated carbocycles. The van der Waals surface area contributed by atoms with E-state index in [0.717, 1.165) is 22.6 Å². The van der Waals surface area contributed by atoms with Gasteiger partial charge < -0.3 is 4.42 Å². The van der Waals surface area contributed by atoms with Gasteiger partial charge >= 0.3 is 6.03 Å². The standard InChI is InChI=1S/C22H12Cl3N3O6/c1-10-2-3-11(6-15(10)23)27-21(30)14(20(29)26-22(27)31)7-12-4-5-19(34-12)13-8-18(28(32)33)17(25)9-16(13)24/h2-9H,1H3,(H,26,29,31)/b14-7-. The largest absolute Gasteiger partial charge is 0.457 e. The van der Waals surface area contributed by atoms with Crippen molar-refractivity contribution >= 4 is 70.1 Å². The van der Waals surface area contributed by atoms with Crippen LogP contribution in [0.5, 0.6) is 0 Å². The molecular formula is C22H12Cl3N3O6. The highest BCUT2D eigenvalue weighted by Gasteiger charge is 2.37. The molecule has 1 aliphatic rings. The van der Waals surface area contributed by atoms with E-state index in [2.05, 4.69) is 5.32 Å². The Kier molecular flexibility index (Phi) is 6.18. The number of nitrogens with zero attached hydrogens (tertiary/aromatic N) is 2. The summed E-state index contributed by atoms with van der Waals surface area (Å²) in [6, 6.07) is 8.92. The smallest absolute Gasteiger partial charge is 0.335 e. The molecule has 1 aliphatic heterocycles. The molecular weight excluding hydrogens is 509 g/mol. The zero-order valence-electron chi connectivity index (χ0n) is 17.1. The Balaban J connectivity index is 1.71. The van der Waals surface area contributed by atoms with Crippen LogP contribution in [0.25, 0.3) is 17.4 Å². The molecule has 2 heterocycles. The van der Waals surface area contributed by atoms with Gasteiger partial charge in [-0.1, -0.05) is 40.9 Å². The van der Waals surface area contributed by atoms with Gasteiger partial charge in [-0.05, 0) is 48.9 Å². The van der Waals surface area contributed by atoms with Crippen LogP contribution in [0.1, 0.15) is 11.3 Å². The molecule has 4 rings (SSSR count). The molecule has 2 aromatic carbocycles. The van der Waals surface area contributed by atoms with Gasteiger partial charge in [-0.25, -0.2) is 9.69 Å². The maximum absolute atomic E-state index is 13.0. The second-order valence-electron chi connectivity index (χ2n) is 7.13. The number of carbonyl (C=O) groups excluding carboxylic acids is 3. The maximum Gasteiger partial charge on any atom is 0.335 e. The molecule has 12 heteroatoms. The SMILES string of the molecule is Cc1ccc(N2C(=O)NC(=O)/C(=C/c3ccc(-c4cc([N+](=O)[O-])c(Cl)cc4Cl)o3)C2=O)cc1Cl. The van der Waals surface area contributed by atoms with Gasteiger partial charge in [-0.15, -0.1) is 0 Å². The van der Waals surface area contributed by atoms with Crippen molar-refractivity contribution in [1.29, 1.82) is 0 Å². The van der Waals surface area contributed by atoms with Gasteiger partial charge in [-0.3, -0.25) is 25.0 Å². The molecule has 1 saturated heterocycles. The van der Waals surface area contributed by atoms with Crippen molar-refractivity contribution in [1.82, 2.24) is 5.32 Å². The average Bonchev–Trinajstić information content (AvgIpc) is 3.21. The zero-order valence-corrected chi connectivity index (χ0v) is 19.4. The number of barbiturate groups is 1. The first-order valence-corrected chi connectivity index (χ1v) is 10.6. The first-order chi connectivity index (χ1) is 16.1. The topological polar surface area (TPSA) is 123 Å². The molecule has 3 aromatic rings. The number of furan rings is 1. The van der Waals surface area contributed by atoms with Gasteiger partial charge in [0.25, 0.3) is 17.5 Å². The highest BCUT2D eigenvalue weighted by Crippen LogP contribution is 2.37. The van der Waals surface area contributed by atoms with Gasteiger partial charge in [0.2, 0.25) is 0 Å². The summed E-state index contributed by atoms with van der Waals surface area (Å²) in [6.45, 7) is 1.76. The lowest BCUT2D eigenvalue weighted by molar-refractivity contribution is -0.384. The molecule has 1 aromatic heterocycles. The summed E-state index contributed by atoms with van der Waals surface area (Å²) in [4.78, 5) is 49.0. The summed E-state index contributed by atoms with van der Waals surface area (Å²) in [5.41, 5.74) is 0.367. The summed E-state index contributed by atoms with van der Waals surface area (Å²) in [6.07, 6.45) is 1.15. The zero-order chi connectivity index (χ0) is 24.7. The van der Waals surface area contributed by atoms with Crippen LogP contribution in [0.3, 0.4) is 0 Å². The van der Waals surface area contributed by atoms with Crippen LogP contribution >= 0.6 is 34.8 Å². The number of aryl methyl sites for hydroxylation is 1. The number of amides is 4. The summed E-state index contributed by atoms with van der Waals surface area (Å²) in [5, 5.41) is 13.6. The number of urea groups is 1. The van der Waals surface area contributed by atoms with E-state index in [9.17, 15) is 24.5 Å². The predicted molar refractivity (Wildman–Crippen MR) is 126 cm³/mol. The number of nitro benzene ring substituents is 1. The number of nitro groups is 1. The van der Waals surface area contributed by atoms with Gasteiger partial charge in [0.15, 0.2) is 0 Å². The van der Waals surface area contributed by atoms with Crippen molar-refractivity contribution in [3.63, 3.8) is 0 Å². The Morgan fingerprint density at radius 2 is 1.74 bits per heavy atom. The van der Waals surface area contributed by atoms with Crippen LogP contribution in [-0.2, 0) is 9.59 Å². The summed E-state index contributed by atoms with van der Waals surface area (Å²) < 4.78 is 5.64. The number of hydrogen-bond donors (Lipinski definition) is 1. The summed E-state index contributed by atoms with van der Waals surface area (Å²) >= 11 is 18.1. The lowest BCUT2D eigenvalue weighted by atomic mass is 10.1. The van der Waals surface area contributed by atoms with Crippen LogP contribution in [0, 0.1) is 17.0 Å². The number of rotatable bonds is 4. The Bertz CT molecular complexity index is 1430. The molecule has 0 atom stereocenters.